The maximum absolute atomic E-state index is 12.3. The van der Waals surface area contributed by atoms with Crippen LogP contribution < -0.4 is 15.0 Å². The standard InChI is InChI=1S/C22H20Cl2N4O3/c1-13(29)31-19-20(24)26-18(27-21(19)28(2)3)12-14-4-10-17(11-5-14)25-22(30)15-6-8-16(23)9-7-15/h4-11H,12H2,1-3H3,(H,25,30). The number of amides is 1. The molecule has 1 amide bonds. The first-order chi connectivity index (χ1) is 14.7. The fraction of sp³-hybridized carbons (Fsp3) is 0.182. The van der Waals surface area contributed by atoms with Gasteiger partial charge in [-0.25, -0.2) is 9.97 Å². The van der Waals surface area contributed by atoms with Crippen molar-refractivity contribution < 1.29 is 14.3 Å². The maximum Gasteiger partial charge on any atom is 0.308 e. The van der Waals surface area contributed by atoms with Gasteiger partial charge in [-0.3, -0.25) is 9.59 Å². The number of nitrogens with one attached hydrogen (secondary N) is 1. The monoisotopic (exact) mass is 458 g/mol. The molecule has 2 aromatic carbocycles. The second-order valence-corrected chi connectivity index (χ2v) is 7.70. The number of halogens is 2. The molecule has 9 heteroatoms. The van der Waals surface area contributed by atoms with E-state index in [1.165, 1.54) is 6.92 Å². The Balaban J connectivity index is 1.74. The average molecular weight is 459 g/mol. The van der Waals surface area contributed by atoms with Crippen molar-refractivity contribution in [2.45, 2.75) is 13.3 Å². The molecule has 0 aliphatic rings. The molecule has 3 rings (SSSR count). The lowest BCUT2D eigenvalue weighted by molar-refractivity contribution is -0.131. The Bertz CT molecular complexity index is 1100. The molecule has 1 aromatic heterocycles. The number of benzene rings is 2. The third-order valence-corrected chi connectivity index (χ3v) is 4.71. The van der Waals surface area contributed by atoms with Gasteiger partial charge in [0.15, 0.2) is 11.0 Å². The number of anilines is 2. The lowest BCUT2D eigenvalue weighted by Gasteiger charge is -2.17. The molecule has 7 nitrogen and oxygen atoms in total. The van der Waals surface area contributed by atoms with Crippen LogP contribution in [-0.4, -0.2) is 35.9 Å². The Labute approximate surface area is 190 Å². The van der Waals surface area contributed by atoms with Gasteiger partial charge in [-0.15, -0.1) is 0 Å². The Hall–Kier alpha value is -3.16. The minimum atomic E-state index is -0.502. The number of hydrogen-bond acceptors (Lipinski definition) is 6. The van der Waals surface area contributed by atoms with Crippen molar-refractivity contribution in [3.05, 3.63) is 75.7 Å². The van der Waals surface area contributed by atoms with Gasteiger partial charge in [0.2, 0.25) is 5.75 Å². The molecule has 31 heavy (non-hydrogen) atoms. The maximum atomic E-state index is 12.3. The number of carbonyl (C=O) groups is 2. The van der Waals surface area contributed by atoms with Crippen LogP contribution >= 0.6 is 23.2 Å². The molecule has 0 aliphatic carbocycles. The van der Waals surface area contributed by atoms with Crippen LogP contribution in [0.2, 0.25) is 10.2 Å². The van der Waals surface area contributed by atoms with E-state index in [9.17, 15) is 9.59 Å². The van der Waals surface area contributed by atoms with E-state index in [0.29, 0.717) is 34.3 Å². The number of ether oxygens (including phenoxy) is 1. The van der Waals surface area contributed by atoms with Crippen molar-refractivity contribution >= 4 is 46.6 Å². The molecule has 0 spiro atoms. The number of aromatic nitrogens is 2. The largest absolute Gasteiger partial charge is 0.419 e. The lowest BCUT2D eigenvalue weighted by Crippen LogP contribution is -2.16. The first kappa shape index (κ1) is 22.5. The molecule has 160 valence electrons. The van der Waals surface area contributed by atoms with Crippen LogP contribution in [0, 0.1) is 0 Å². The van der Waals surface area contributed by atoms with Gasteiger partial charge >= 0.3 is 5.97 Å². The van der Waals surface area contributed by atoms with Gasteiger partial charge in [0, 0.05) is 43.7 Å². The van der Waals surface area contributed by atoms with Crippen molar-refractivity contribution in [1.29, 1.82) is 0 Å². The van der Waals surface area contributed by atoms with Crippen LogP contribution in [0.1, 0.15) is 28.7 Å². The SMILES string of the molecule is CC(=O)Oc1c(Cl)nc(Cc2ccc(NC(=O)c3ccc(Cl)cc3)cc2)nc1N(C)C. The zero-order valence-electron chi connectivity index (χ0n) is 17.1. The van der Waals surface area contributed by atoms with Crippen molar-refractivity contribution in [3.8, 4) is 5.75 Å². The van der Waals surface area contributed by atoms with Crippen LogP contribution in [0.25, 0.3) is 0 Å². The highest BCUT2D eigenvalue weighted by molar-refractivity contribution is 6.31. The van der Waals surface area contributed by atoms with Gasteiger partial charge in [0.25, 0.3) is 5.91 Å². The zero-order chi connectivity index (χ0) is 22.5. The van der Waals surface area contributed by atoms with Gasteiger partial charge in [0.1, 0.15) is 5.82 Å². The second kappa shape index (κ2) is 9.76. The number of esters is 1. The summed E-state index contributed by atoms with van der Waals surface area (Å²) < 4.78 is 5.15. The van der Waals surface area contributed by atoms with Crippen molar-refractivity contribution in [3.63, 3.8) is 0 Å². The number of hydrogen-bond donors (Lipinski definition) is 1. The smallest absolute Gasteiger partial charge is 0.308 e. The van der Waals surface area contributed by atoms with Crippen molar-refractivity contribution in [2.75, 3.05) is 24.3 Å². The molecule has 1 heterocycles. The summed E-state index contributed by atoms with van der Waals surface area (Å²) >= 11 is 12.1. The summed E-state index contributed by atoms with van der Waals surface area (Å²) in [5.41, 5.74) is 2.09. The van der Waals surface area contributed by atoms with E-state index < -0.39 is 5.97 Å². The molecule has 0 saturated carbocycles. The van der Waals surface area contributed by atoms with Gasteiger partial charge < -0.3 is 15.0 Å². The highest BCUT2D eigenvalue weighted by Crippen LogP contribution is 2.32. The highest BCUT2D eigenvalue weighted by atomic mass is 35.5. The number of carbonyl (C=O) groups excluding carboxylic acids is 2. The van der Waals surface area contributed by atoms with E-state index in [1.807, 2.05) is 12.1 Å². The van der Waals surface area contributed by atoms with Gasteiger partial charge in [-0.1, -0.05) is 35.3 Å². The van der Waals surface area contributed by atoms with E-state index in [4.69, 9.17) is 27.9 Å². The summed E-state index contributed by atoms with van der Waals surface area (Å²) in [6, 6.07) is 14.0. The van der Waals surface area contributed by atoms with E-state index in [1.54, 1.807) is 55.4 Å². The van der Waals surface area contributed by atoms with Crippen LogP contribution in [0.15, 0.2) is 48.5 Å². The summed E-state index contributed by atoms with van der Waals surface area (Å²) in [7, 11) is 3.54. The van der Waals surface area contributed by atoms with Crippen molar-refractivity contribution in [2.24, 2.45) is 0 Å². The molecule has 0 atom stereocenters. The van der Waals surface area contributed by atoms with Gasteiger partial charge in [-0.2, -0.15) is 0 Å². The van der Waals surface area contributed by atoms with Gasteiger partial charge in [-0.05, 0) is 42.0 Å². The minimum absolute atomic E-state index is 0.0655. The zero-order valence-corrected chi connectivity index (χ0v) is 18.7. The third kappa shape index (κ3) is 5.93. The fourth-order valence-corrected chi connectivity index (χ4v) is 3.11. The molecular weight excluding hydrogens is 439 g/mol. The van der Waals surface area contributed by atoms with Crippen LogP contribution in [0.5, 0.6) is 5.75 Å². The summed E-state index contributed by atoms with van der Waals surface area (Å²) in [5, 5.41) is 3.47. The molecule has 3 aromatic rings. The molecular formula is C22H20Cl2N4O3. The molecule has 0 radical (unpaired) electrons. The molecule has 0 fully saturated rings. The Morgan fingerprint density at radius 3 is 2.23 bits per heavy atom. The minimum Gasteiger partial charge on any atom is -0.419 e. The Kier molecular flexibility index (Phi) is 7.09. The fourth-order valence-electron chi connectivity index (χ4n) is 2.76. The second-order valence-electron chi connectivity index (χ2n) is 6.91. The van der Waals surface area contributed by atoms with Crippen LogP contribution in [0.4, 0.5) is 11.5 Å². The Morgan fingerprint density at radius 2 is 1.65 bits per heavy atom. The van der Waals surface area contributed by atoms with Gasteiger partial charge in [0.05, 0.1) is 0 Å². The predicted molar refractivity (Wildman–Crippen MR) is 121 cm³/mol. The molecule has 0 bridgehead atoms. The van der Waals surface area contributed by atoms with Crippen LogP contribution in [-0.2, 0) is 11.2 Å². The Morgan fingerprint density at radius 1 is 1.00 bits per heavy atom. The predicted octanol–water partition coefficient (Wildman–Crippen LogP) is 4.62. The normalized spacial score (nSPS) is 10.5. The number of nitrogens with zero attached hydrogens (tertiary/aromatic N) is 3. The van der Waals surface area contributed by atoms with E-state index in [-0.39, 0.29) is 16.8 Å². The number of rotatable bonds is 6. The molecule has 1 N–H and O–H groups in total. The van der Waals surface area contributed by atoms with E-state index >= 15 is 0 Å². The first-order valence-electron chi connectivity index (χ1n) is 9.31. The summed E-state index contributed by atoms with van der Waals surface area (Å²) in [5.74, 6) is 0.288. The third-order valence-electron chi connectivity index (χ3n) is 4.20. The highest BCUT2D eigenvalue weighted by Gasteiger charge is 2.18. The topological polar surface area (TPSA) is 84.4 Å². The summed E-state index contributed by atoms with van der Waals surface area (Å²) in [4.78, 5) is 34.1. The summed E-state index contributed by atoms with van der Waals surface area (Å²) in [6.45, 7) is 1.29. The molecule has 0 aliphatic heterocycles. The first-order valence-corrected chi connectivity index (χ1v) is 10.1. The quantitative estimate of drug-likeness (QED) is 0.428. The summed E-state index contributed by atoms with van der Waals surface area (Å²) in [6.07, 6.45) is 0.409. The molecule has 0 saturated heterocycles. The van der Waals surface area contributed by atoms with Crippen molar-refractivity contribution in [1.82, 2.24) is 9.97 Å². The molecule has 0 unspecified atom stereocenters. The lowest BCUT2D eigenvalue weighted by atomic mass is 10.1. The van der Waals surface area contributed by atoms with E-state index in [2.05, 4.69) is 15.3 Å². The van der Waals surface area contributed by atoms with Crippen LogP contribution in [0.3, 0.4) is 0 Å². The average Bonchev–Trinajstić information content (AvgIpc) is 2.71. The van der Waals surface area contributed by atoms with E-state index in [0.717, 1.165) is 5.56 Å².